The molecule has 0 spiro atoms. The van der Waals surface area contributed by atoms with Crippen LogP contribution in [0.15, 0.2) is 59.9 Å². The Hall–Kier alpha value is -2.54. The molecule has 0 unspecified atom stereocenters. The van der Waals surface area contributed by atoms with Crippen LogP contribution in [0.5, 0.6) is 0 Å². The molecule has 7 heteroatoms. The van der Waals surface area contributed by atoms with E-state index in [2.05, 4.69) is 36.3 Å². The number of hydrogen-bond donors (Lipinski definition) is 1. The third-order valence-corrected chi connectivity index (χ3v) is 3.66. The molecule has 6 nitrogen and oxygen atoms in total. The van der Waals surface area contributed by atoms with E-state index in [0.717, 1.165) is 15.6 Å². The quantitative estimate of drug-likeness (QED) is 0.747. The normalized spacial score (nSPS) is 10.5. The molecule has 3 rings (SSSR count). The van der Waals surface area contributed by atoms with Crippen LogP contribution in [0.2, 0.25) is 0 Å². The smallest absolute Gasteiger partial charge is 0.253 e. The Morgan fingerprint density at radius 1 is 1.17 bits per heavy atom. The zero-order chi connectivity index (χ0) is 16.1. The first-order chi connectivity index (χ1) is 11.2. The van der Waals surface area contributed by atoms with Crippen LogP contribution in [-0.2, 0) is 13.1 Å². The van der Waals surface area contributed by atoms with Gasteiger partial charge in [-0.15, -0.1) is 0 Å². The zero-order valence-electron chi connectivity index (χ0n) is 12.2. The highest BCUT2D eigenvalue weighted by Gasteiger charge is 2.06. The summed E-state index contributed by atoms with van der Waals surface area (Å²) in [6.07, 6.45) is 6.37. The lowest BCUT2D eigenvalue weighted by Crippen LogP contribution is -2.23. The van der Waals surface area contributed by atoms with Gasteiger partial charge in [0.1, 0.15) is 12.7 Å². The van der Waals surface area contributed by atoms with Gasteiger partial charge in [0.2, 0.25) is 0 Å². The molecule has 0 fully saturated rings. The van der Waals surface area contributed by atoms with Crippen molar-refractivity contribution < 1.29 is 4.79 Å². The summed E-state index contributed by atoms with van der Waals surface area (Å²) < 4.78 is 2.53. The lowest BCUT2D eigenvalue weighted by atomic mass is 10.1. The van der Waals surface area contributed by atoms with E-state index in [0.29, 0.717) is 18.7 Å². The van der Waals surface area contributed by atoms with Crippen LogP contribution in [0.3, 0.4) is 0 Å². The largest absolute Gasteiger partial charge is 0.348 e. The van der Waals surface area contributed by atoms with Crippen molar-refractivity contribution in [1.82, 2.24) is 25.1 Å². The van der Waals surface area contributed by atoms with Gasteiger partial charge < -0.3 is 5.32 Å². The van der Waals surface area contributed by atoms with E-state index < -0.39 is 0 Å². The fourth-order valence-electron chi connectivity index (χ4n) is 2.16. The molecule has 0 aliphatic heterocycles. The van der Waals surface area contributed by atoms with Gasteiger partial charge in [0, 0.05) is 23.4 Å². The van der Waals surface area contributed by atoms with Gasteiger partial charge in [-0.3, -0.25) is 9.78 Å². The summed E-state index contributed by atoms with van der Waals surface area (Å²) in [4.78, 5) is 20.0. The highest BCUT2D eigenvalue weighted by atomic mass is 79.9. The predicted molar refractivity (Wildman–Crippen MR) is 88.7 cm³/mol. The number of hydrogen-bond acceptors (Lipinski definition) is 4. The van der Waals surface area contributed by atoms with E-state index in [9.17, 15) is 4.79 Å². The minimum Gasteiger partial charge on any atom is -0.348 e. The van der Waals surface area contributed by atoms with Gasteiger partial charge in [-0.05, 0) is 33.1 Å². The monoisotopic (exact) mass is 371 g/mol. The molecule has 3 aromatic rings. The summed E-state index contributed by atoms with van der Waals surface area (Å²) >= 11 is 3.31. The molecule has 0 saturated heterocycles. The van der Waals surface area contributed by atoms with Gasteiger partial charge in [0.05, 0.1) is 12.1 Å². The molecular formula is C16H14BrN5O. The number of benzene rings is 1. The lowest BCUT2D eigenvalue weighted by molar-refractivity contribution is 0.0950. The van der Waals surface area contributed by atoms with Crippen LogP contribution >= 0.6 is 15.9 Å². The van der Waals surface area contributed by atoms with Crippen molar-refractivity contribution in [2.45, 2.75) is 13.1 Å². The van der Waals surface area contributed by atoms with Crippen molar-refractivity contribution in [3.05, 3.63) is 76.5 Å². The second kappa shape index (κ2) is 7.15. The van der Waals surface area contributed by atoms with Crippen molar-refractivity contribution in [2.24, 2.45) is 0 Å². The third kappa shape index (κ3) is 4.23. The highest BCUT2D eigenvalue weighted by Crippen LogP contribution is 2.10. The average Bonchev–Trinajstić information content (AvgIpc) is 3.06. The number of aromatic nitrogens is 4. The van der Waals surface area contributed by atoms with Gasteiger partial charge in [-0.2, -0.15) is 5.10 Å². The van der Waals surface area contributed by atoms with E-state index in [1.54, 1.807) is 29.5 Å². The Balaban J connectivity index is 1.63. The topological polar surface area (TPSA) is 72.7 Å². The second-order valence-electron chi connectivity index (χ2n) is 4.99. The maximum Gasteiger partial charge on any atom is 0.253 e. The van der Waals surface area contributed by atoms with Crippen LogP contribution < -0.4 is 5.32 Å². The molecule has 2 aromatic heterocycles. The first-order valence-corrected chi connectivity index (χ1v) is 7.79. The Bertz CT molecular complexity index is 804. The minimum absolute atomic E-state index is 0.152. The van der Waals surface area contributed by atoms with E-state index >= 15 is 0 Å². The average molecular weight is 372 g/mol. The number of carbonyl (C=O) groups is 1. The molecule has 0 atom stereocenters. The molecule has 0 aliphatic rings. The molecule has 116 valence electrons. The molecule has 1 N–H and O–H groups in total. The fraction of sp³-hybridized carbons (Fsp3) is 0.125. The molecule has 0 aliphatic carbocycles. The molecule has 0 radical (unpaired) electrons. The molecule has 1 aromatic carbocycles. The Labute approximate surface area is 141 Å². The summed E-state index contributed by atoms with van der Waals surface area (Å²) in [6, 6.07) is 9.74. The van der Waals surface area contributed by atoms with Crippen LogP contribution in [0.4, 0.5) is 0 Å². The minimum atomic E-state index is -0.152. The third-order valence-electron chi connectivity index (χ3n) is 3.22. The van der Waals surface area contributed by atoms with E-state index in [1.807, 2.05) is 24.3 Å². The summed E-state index contributed by atoms with van der Waals surface area (Å²) in [6.45, 7) is 1.11. The number of rotatable bonds is 5. The van der Waals surface area contributed by atoms with Crippen LogP contribution in [0, 0.1) is 0 Å². The highest BCUT2D eigenvalue weighted by molar-refractivity contribution is 9.10. The number of halogens is 1. The SMILES string of the molecule is O=C(NCc1cccc(Cn2cncn2)c1)c1cncc(Br)c1. The molecular weight excluding hydrogens is 358 g/mol. The fourth-order valence-corrected chi connectivity index (χ4v) is 2.52. The Morgan fingerprint density at radius 2 is 2.04 bits per heavy atom. The molecule has 0 bridgehead atoms. The molecule has 1 amide bonds. The first-order valence-electron chi connectivity index (χ1n) is 7.00. The maximum atomic E-state index is 12.1. The maximum absolute atomic E-state index is 12.1. The van der Waals surface area contributed by atoms with E-state index in [-0.39, 0.29) is 5.91 Å². The van der Waals surface area contributed by atoms with Gasteiger partial charge >= 0.3 is 0 Å². The summed E-state index contributed by atoms with van der Waals surface area (Å²) in [5.74, 6) is -0.152. The number of nitrogens with one attached hydrogen (secondary N) is 1. The van der Waals surface area contributed by atoms with Gasteiger partial charge in [-0.1, -0.05) is 24.3 Å². The van der Waals surface area contributed by atoms with Crippen molar-refractivity contribution >= 4 is 21.8 Å². The molecule has 0 saturated carbocycles. The van der Waals surface area contributed by atoms with Gasteiger partial charge in [-0.25, -0.2) is 9.67 Å². The van der Waals surface area contributed by atoms with Crippen molar-refractivity contribution in [1.29, 1.82) is 0 Å². The summed E-state index contributed by atoms with van der Waals surface area (Å²) in [5, 5.41) is 6.98. The Morgan fingerprint density at radius 3 is 2.83 bits per heavy atom. The number of pyridine rings is 1. The van der Waals surface area contributed by atoms with Crippen molar-refractivity contribution in [3.63, 3.8) is 0 Å². The van der Waals surface area contributed by atoms with E-state index in [4.69, 9.17) is 0 Å². The predicted octanol–water partition coefficient (Wildman–Crippen LogP) is 2.41. The number of carbonyl (C=O) groups excluding carboxylic acids is 1. The van der Waals surface area contributed by atoms with Gasteiger partial charge in [0.15, 0.2) is 0 Å². The standard InChI is InChI=1S/C16H14BrN5O/c17-15-5-14(7-18-8-15)16(23)20-6-12-2-1-3-13(4-12)9-22-11-19-10-21-22/h1-5,7-8,10-11H,6,9H2,(H,20,23). The first kappa shape index (κ1) is 15.4. The van der Waals surface area contributed by atoms with Crippen molar-refractivity contribution in [3.8, 4) is 0 Å². The van der Waals surface area contributed by atoms with E-state index in [1.165, 1.54) is 6.33 Å². The van der Waals surface area contributed by atoms with Gasteiger partial charge in [0.25, 0.3) is 5.91 Å². The van der Waals surface area contributed by atoms with Crippen LogP contribution in [-0.4, -0.2) is 25.7 Å². The van der Waals surface area contributed by atoms with Crippen LogP contribution in [0.1, 0.15) is 21.5 Å². The number of nitrogens with zero attached hydrogens (tertiary/aromatic N) is 4. The second-order valence-corrected chi connectivity index (χ2v) is 5.90. The van der Waals surface area contributed by atoms with Crippen molar-refractivity contribution in [2.75, 3.05) is 0 Å². The number of amides is 1. The Kier molecular flexibility index (Phi) is 4.77. The molecule has 2 heterocycles. The zero-order valence-corrected chi connectivity index (χ0v) is 13.8. The lowest BCUT2D eigenvalue weighted by Gasteiger charge is -2.08. The molecule has 23 heavy (non-hydrogen) atoms. The summed E-state index contributed by atoms with van der Waals surface area (Å²) in [5.41, 5.74) is 2.66. The summed E-state index contributed by atoms with van der Waals surface area (Å²) in [7, 11) is 0. The van der Waals surface area contributed by atoms with Crippen LogP contribution in [0.25, 0.3) is 0 Å².